The number of rotatable bonds is 6. The van der Waals surface area contributed by atoms with Crippen molar-refractivity contribution in [2.45, 2.75) is 11.8 Å². The average molecular weight is 514 g/mol. The first-order valence-corrected chi connectivity index (χ1v) is 11.6. The fraction of sp³-hybridized carbons (Fsp3) is 0.0455. The number of anilines is 3. The number of aromatic nitrogens is 4. The molecule has 0 aliphatic carbocycles. The number of hydrogen-bond acceptors (Lipinski definition) is 8. The first-order chi connectivity index (χ1) is 16.7. The van der Waals surface area contributed by atoms with E-state index < -0.39 is 26.6 Å². The lowest BCUT2D eigenvalue weighted by atomic mass is 10.0. The molecule has 35 heavy (non-hydrogen) atoms. The Balaban J connectivity index is 1.67. The van der Waals surface area contributed by atoms with Gasteiger partial charge in [0.25, 0.3) is 10.0 Å². The number of sulfonamides is 1. The maximum absolute atomic E-state index is 14.1. The van der Waals surface area contributed by atoms with Crippen LogP contribution in [0.3, 0.4) is 0 Å². The fourth-order valence-electron chi connectivity index (χ4n) is 3.10. The Bertz CT molecular complexity index is 1580. The maximum atomic E-state index is 14.1. The van der Waals surface area contributed by atoms with Crippen molar-refractivity contribution >= 4 is 39.1 Å². The molecule has 0 radical (unpaired) electrons. The SMILES string of the molecule is Cc1c(-c2ccnc(Nc3ncc(C#N)cn3)c2)cnc(Cl)c1NS(=O)(=O)c1ccc(F)cc1F. The normalized spacial score (nSPS) is 11.1. The minimum atomic E-state index is -4.44. The van der Waals surface area contributed by atoms with Gasteiger partial charge in [-0.05, 0) is 42.3 Å². The van der Waals surface area contributed by atoms with Crippen molar-refractivity contribution in [1.29, 1.82) is 5.26 Å². The Morgan fingerprint density at radius 2 is 1.77 bits per heavy atom. The molecule has 0 unspecified atom stereocenters. The summed E-state index contributed by atoms with van der Waals surface area (Å²) in [7, 11) is -4.44. The van der Waals surface area contributed by atoms with Crippen molar-refractivity contribution in [1.82, 2.24) is 19.9 Å². The van der Waals surface area contributed by atoms with Gasteiger partial charge in [-0.2, -0.15) is 5.26 Å². The van der Waals surface area contributed by atoms with Crippen molar-refractivity contribution in [2.24, 2.45) is 0 Å². The van der Waals surface area contributed by atoms with Crippen LogP contribution in [0.4, 0.5) is 26.2 Å². The lowest BCUT2D eigenvalue weighted by Gasteiger charge is -2.16. The highest BCUT2D eigenvalue weighted by atomic mass is 35.5. The van der Waals surface area contributed by atoms with Gasteiger partial charge in [-0.25, -0.2) is 37.1 Å². The summed E-state index contributed by atoms with van der Waals surface area (Å²) < 4.78 is 55.1. The number of benzene rings is 1. The summed E-state index contributed by atoms with van der Waals surface area (Å²) in [6.45, 7) is 1.61. The molecule has 0 amide bonds. The van der Waals surface area contributed by atoms with Gasteiger partial charge < -0.3 is 5.32 Å². The predicted molar refractivity (Wildman–Crippen MR) is 124 cm³/mol. The summed E-state index contributed by atoms with van der Waals surface area (Å²) in [5, 5.41) is 11.6. The zero-order chi connectivity index (χ0) is 25.2. The molecule has 0 saturated carbocycles. The van der Waals surface area contributed by atoms with Gasteiger partial charge >= 0.3 is 0 Å². The zero-order valence-electron chi connectivity index (χ0n) is 17.8. The van der Waals surface area contributed by atoms with E-state index in [4.69, 9.17) is 16.9 Å². The largest absolute Gasteiger partial charge is 0.309 e. The van der Waals surface area contributed by atoms with Gasteiger partial charge in [0, 0.05) is 24.0 Å². The van der Waals surface area contributed by atoms with Gasteiger partial charge in [-0.1, -0.05) is 11.6 Å². The number of halogens is 3. The lowest BCUT2D eigenvalue weighted by molar-refractivity contribution is 0.551. The van der Waals surface area contributed by atoms with Gasteiger partial charge in [-0.15, -0.1) is 0 Å². The smallest absolute Gasteiger partial charge is 0.264 e. The molecule has 0 saturated heterocycles. The van der Waals surface area contributed by atoms with Crippen LogP contribution in [-0.4, -0.2) is 28.4 Å². The summed E-state index contributed by atoms with van der Waals surface area (Å²) in [4.78, 5) is 15.6. The molecule has 0 aliphatic heterocycles. The van der Waals surface area contributed by atoms with E-state index in [0.717, 1.165) is 12.1 Å². The number of nitrogens with one attached hydrogen (secondary N) is 2. The maximum Gasteiger partial charge on any atom is 0.264 e. The summed E-state index contributed by atoms with van der Waals surface area (Å²) in [6, 6.07) is 7.37. The molecular weight excluding hydrogens is 500 g/mol. The molecule has 3 heterocycles. The van der Waals surface area contributed by atoms with E-state index >= 15 is 0 Å². The first kappa shape index (κ1) is 23.9. The Hall–Kier alpha value is -4.21. The topological polar surface area (TPSA) is 134 Å². The highest BCUT2D eigenvalue weighted by Gasteiger charge is 2.23. The second kappa shape index (κ2) is 9.57. The van der Waals surface area contributed by atoms with E-state index in [1.165, 1.54) is 24.8 Å². The van der Waals surface area contributed by atoms with E-state index in [1.54, 1.807) is 19.1 Å². The van der Waals surface area contributed by atoms with Crippen molar-refractivity contribution in [3.8, 4) is 17.2 Å². The molecule has 1 aromatic carbocycles. The molecule has 0 spiro atoms. The third kappa shape index (κ3) is 5.16. The monoisotopic (exact) mass is 513 g/mol. The van der Waals surface area contributed by atoms with Gasteiger partial charge in [-0.3, -0.25) is 4.72 Å². The number of nitrogens with zero attached hydrogens (tertiary/aromatic N) is 5. The van der Waals surface area contributed by atoms with Gasteiger partial charge in [0.05, 0.1) is 23.6 Å². The Kier molecular flexibility index (Phi) is 6.54. The summed E-state index contributed by atoms with van der Waals surface area (Å²) in [5.41, 5.74) is 1.76. The van der Waals surface area contributed by atoms with Crippen LogP contribution < -0.4 is 10.0 Å². The number of hydrogen-bond donors (Lipinski definition) is 2. The van der Waals surface area contributed by atoms with E-state index in [-0.39, 0.29) is 16.8 Å². The first-order valence-electron chi connectivity index (χ1n) is 9.76. The van der Waals surface area contributed by atoms with Crippen LogP contribution in [0.1, 0.15) is 11.1 Å². The van der Waals surface area contributed by atoms with Crippen LogP contribution in [0.5, 0.6) is 0 Å². The summed E-state index contributed by atoms with van der Waals surface area (Å²) in [5.74, 6) is -1.57. The molecule has 176 valence electrons. The molecule has 13 heteroatoms. The second-order valence-corrected chi connectivity index (χ2v) is 9.11. The standard InChI is InChI=1S/C22H14ClF2N7O2S/c1-12-16(14-4-5-27-19(6-14)31-22-29-9-13(8-26)10-30-22)11-28-21(23)20(12)32-35(33,34)18-3-2-15(24)7-17(18)25/h2-7,9-11,32H,1H3,(H,27,29,30,31). The van der Waals surface area contributed by atoms with Crippen LogP contribution in [0, 0.1) is 29.9 Å². The molecular formula is C22H14ClF2N7O2S. The van der Waals surface area contributed by atoms with Crippen molar-refractivity contribution in [3.63, 3.8) is 0 Å². The highest BCUT2D eigenvalue weighted by Crippen LogP contribution is 2.34. The van der Waals surface area contributed by atoms with Crippen LogP contribution in [0.15, 0.2) is 60.0 Å². The van der Waals surface area contributed by atoms with E-state index in [0.29, 0.717) is 34.1 Å². The van der Waals surface area contributed by atoms with Crippen LogP contribution in [-0.2, 0) is 10.0 Å². The van der Waals surface area contributed by atoms with E-state index in [9.17, 15) is 17.2 Å². The fourth-order valence-corrected chi connectivity index (χ4v) is 4.58. The lowest BCUT2D eigenvalue weighted by Crippen LogP contribution is -2.16. The van der Waals surface area contributed by atoms with Crippen LogP contribution in [0.25, 0.3) is 11.1 Å². The molecule has 0 fully saturated rings. The molecule has 4 aromatic rings. The van der Waals surface area contributed by atoms with E-state index in [1.807, 2.05) is 6.07 Å². The molecule has 2 N–H and O–H groups in total. The minimum Gasteiger partial charge on any atom is -0.309 e. The Morgan fingerprint density at radius 1 is 1.03 bits per heavy atom. The third-order valence-corrected chi connectivity index (χ3v) is 6.47. The Labute approximate surface area is 203 Å². The van der Waals surface area contributed by atoms with Gasteiger partial charge in [0.15, 0.2) is 5.15 Å². The van der Waals surface area contributed by atoms with E-state index in [2.05, 4.69) is 30.0 Å². The minimum absolute atomic E-state index is 0.0605. The van der Waals surface area contributed by atoms with Crippen LogP contribution in [0.2, 0.25) is 5.15 Å². The molecule has 4 rings (SSSR count). The van der Waals surface area contributed by atoms with Crippen molar-refractivity contribution in [2.75, 3.05) is 10.0 Å². The number of pyridine rings is 2. The van der Waals surface area contributed by atoms with Gasteiger partial charge in [0.1, 0.15) is 28.4 Å². The Morgan fingerprint density at radius 3 is 2.46 bits per heavy atom. The number of nitriles is 1. The van der Waals surface area contributed by atoms with Crippen molar-refractivity contribution in [3.05, 3.63) is 83.0 Å². The molecule has 0 atom stereocenters. The second-order valence-electron chi connectivity index (χ2n) is 7.10. The third-order valence-electron chi connectivity index (χ3n) is 4.80. The van der Waals surface area contributed by atoms with Crippen molar-refractivity contribution < 1.29 is 17.2 Å². The quantitative estimate of drug-likeness (QED) is 0.357. The predicted octanol–water partition coefficient (Wildman–Crippen LogP) is 4.59. The molecule has 0 bridgehead atoms. The highest BCUT2D eigenvalue weighted by molar-refractivity contribution is 7.92. The summed E-state index contributed by atoms with van der Waals surface area (Å²) >= 11 is 6.15. The zero-order valence-corrected chi connectivity index (χ0v) is 19.4. The van der Waals surface area contributed by atoms with Crippen LogP contribution >= 0.6 is 11.6 Å². The summed E-state index contributed by atoms with van der Waals surface area (Å²) in [6.07, 6.45) is 5.67. The van der Waals surface area contributed by atoms with Gasteiger partial charge in [0.2, 0.25) is 5.95 Å². The molecule has 3 aromatic heterocycles. The molecule has 9 nitrogen and oxygen atoms in total. The average Bonchev–Trinajstić information content (AvgIpc) is 2.82. The molecule has 0 aliphatic rings.